The van der Waals surface area contributed by atoms with Crippen LogP contribution in [0.2, 0.25) is 0 Å². The van der Waals surface area contributed by atoms with Crippen LogP contribution in [0.5, 0.6) is 0 Å². The van der Waals surface area contributed by atoms with Crippen LogP contribution in [0.3, 0.4) is 0 Å². The molecule has 0 spiro atoms. The number of rotatable bonds is 1. The molecular formula is C22H31NO2. The largest absolute Gasteiger partial charge is 0.393 e. The van der Waals surface area contributed by atoms with E-state index >= 15 is 0 Å². The highest BCUT2D eigenvalue weighted by Gasteiger charge is 2.62. The Bertz CT molecular complexity index is 661. The molecule has 0 bridgehead atoms. The summed E-state index contributed by atoms with van der Waals surface area (Å²) in [5, 5.41) is 19.8. The first-order valence-electron chi connectivity index (χ1n) is 10.1. The molecule has 4 rings (SSSR count). The van der Waals surface area contributed by atoms with E-state index in [-0.39, 0.29) is 34.6 Å². The van der Waals surface area contributed by atoms with Crippen molar-refractivity contribution in [2.45, 2.75) is 71.8 Å². The molecule has 0 aromatic carbocycles. The van der Waals surface area contributed by atoms with E-state index in [1.165, 1.54) is 12.0 Å². The van der Waals surface area contributed by atoms with Gasteiger partial charge in [-0.1, -0.05) is 25.5 Å². The van der Waals surface area contributed by atoms with Gasteiger partial charge in [-0.3, -0.25) is 4.79 Å². The minimum Gasteiger partial charge on any atom is -0.393 e. The third-order valence-corrected chi connectivity index (χ3v) is 8.74. The molecule has 4 aliphatic carbocycles. The van der Waals surface area contributed by atoms with E-state index in [9.17, 15) is 15.2 Å². The molecule has 3 saturated carbocycles. The van der Waals surface area contributed by atoms with Gasteiger partial charge in [0.25, 0.3) is 0 Å². The first kappa shape index (κ1) is 17.3. The van der Waals surface area contributed by atoms with Gasteiger partial charge in [0.1, 0.15) is 5.78 Å². The van der Waals surface area contributed by atoms with E-state index in [2.05, 4.69) is 26.0 Å². The van der Waals surface area contributed by atoms with Gasteiger partial charge in [0.15, 0.2) is 0 Å². The summed E-state index contributed by atoms with van der Waals surface area (Å²) < 4.78 is 0. The summed E-state index contributed by atoms with van der Waals surface area (Å²) in [5.41, 5.74) is 1.71. The Kier molecular flexibility index (Phi) is 3.93. The third-order valence-electron chi connectivity index (χ3n) is 8.74. The van der Waals surface area contributed by atoms with Crippen molar-refractivity contribution in [2.75, 3.05) is 0 Å². The van der Waals surface area contributed by atoms with Crippen LogP contribution in [-0.4, -0.2) is 17.0 Å². The summed E-state index contributed by atoms with van der Waals surface area (Å²) in [4.78, 5) is 12.4. The van der Waals surface area contributed by atoms with Gasteiger partial charge in [0, 0.05) is 5.92 Å². The number of nitrogens with zero attached hydrogens (tertiary/aromatic N) is 1. The number of aliphatic hydroxyl groups is 1. The number of nitriles is 1. The van der Waals surface area contributed by atoms with Gasteiger partial charge in [0.05, 0.1) is 18.1 Å². The second-order valence-electron chi connectivity index (χ2n) is 9.76. The Balaban J connectivity index is 1.70. The molecule has 1 N–H and O–H groups in total. The standard InChI is InChI=1S/C22H31NO2/c1-13(24)20-14(12-23)10-19-17-5-4-15-11-16(25)6-8-21(15,2)18(17)7-9-22(19,20)3/h4,14,16-20,25H,5-11H2,1-3H3/t14-,16-,17?,18?,19?,20-,21?,22?/m0/s1. The molecule has 3 heteroatoms. The quantitative estimate of drug-likeness (QED) is 0.725. The maximum absolute atomic E-state index is 12.4. The zero-order chi connectivity index (χ0) is 18.0. The lowest BCUT2D eigenvalue weighted by molar-refractivity contribution is -0.128. The van der Waals surface area contributed by atoms with Crippen LogP contribution in [0.15, 0.2) is 11.6 Å². The average molecular weight is 341 g/mol. The van der Waals surface area contributed by atoms with Crippen molar-refractivity contribution in [3.8, 4) is 6.07 Å². The van der Waals surface area contributed by atoms with Gasteiger partial charge in [-0.25, -0.2) is 0 Å². The molecule has 0 heterocycles. The molecule has 0 aromatic rings. The van der Waals surface area contributed by atoms with Gasteiger partial charge in [-0.05, 0) is 80.5 Å². The highest BCUT2D eigenvalue weighted by molar-refractivity contribution is 5.80. The third kappa shape index (κ3) is 2.29. The van der Waals surface area contributed by atoms with Gasteiger partial charge in [-0.15, -0.1) is 0 Å². The maximum atomic E-state index is 12.4. The number of Topliss-reactive ketones (excluding diaryl/α,β-unsaturated/α-hetero) is 1. The van der Waals surface area contributed by atoms with E-state index < -0.39 is 0 Å². The number of hydrogen-bond acceptors (Lipinski definition) is 3. The van der Waals surface area contributed by atoms with E-state index in [4.69, 9.17) is 0 Å². The molecule has 0 amide bonds. The molecule has 5 unspecified atom stereocenters. The molecule has 0 saturated heterocycles. The van der Waals surface area contributed by atoms with Crippen LogP contribution in [0, 0.1) is 51.8 Å². The molecule has 3 fully saturated rings. The monoisotopic (exact) mass is 341 g/mol. The van der Waals surface area contributed by atoms with E-state index in [0.717, 1.165) is 38.5 Å². The summed E-state index contributed by atoms with van der Waals surface area (Å²) in [5.74, 6) is 1.79. The Hall–Kier alpha value is -1.14. The number of carbonyl (C=O) groups is 1. The lowest BCUT2D eigenvalue weighted by Gasteiger charge is -2.57. The predicted molar refractivity (Wildman–Crippen MR) is 96.4 cm³/mol. The summed E-state index contributed by atoms with van der Waals surface area (Å²) in [7, 11) is 0. The zero-order valence-corrected chi connectivity index (χ0v) is 15.8. The number of hydrogen-bond donors (Lipinski definition) is 1. The van der Waals surface area contributed by atoms with E-state index in [0.29, 0.717) is 17.8 Å². The van der Waals surface area contributed by atoms with Crippen LogP contribution >= 0.6 is 0 Å². The fourth-order valence-electron chi connectivity index (χ4n) is 7.56. The van der Waals surface area contributed by atoms with Crippen molar-refractivity contribution >= 4 is 5.78 Å². The summed E-state index contributed by atoms with van der Waals surface area (Å²) in [6.45, 7) is 6.41. The fourth-order valence-corrected chi connectivity index (χ4v) is 7.56. The lowest BCUT2D eigenvalue weighted by Crippen LogP contribution is -2.51. The predicted octanol–water partition coefficient (Wildman–Crippen LogP) is 4.26. The van der Waals surface area contributed by atoms with Gasteiger partial charge in [-0.2, -0.15) is 5.26 Å². The maximum Gasteiger partial charge on any atom is 0.134 e. The van der Waals surface area contributed by atoms with Crippen molar-refractivity contribution < 1.29 is 9.90 Å². The Morgan fingerprint density at radius 3 is 2.72 bits per heavy atom. The Morgan fingerprint density at radius 1 is 1.28 bits per heavy atom. The number of aliphatic hydroxyl groups excluding tert-OH is 1. The van der Waals surface area contributed by atoms with Crippen LogP contribution in [-0.2, 0) is 4.79 Å². The number of carbonyl (C=O) groups excluding carboxylic acids is 1. The normalized spacial score (nSPS) is 51.6. The minimum atomic E-state index is -0.165. The van der Waals surface area contributed by atoms with Crippen LogP contribution in [0.1, 0.15) is 65.7 Å². The van der Waals surface area contributed by atoms with Crippen LogP contribution < -0.4 is 0 Å². The van der Waals surface area contributed by atoms with Gasteiger partial charge < -0.3 is 5.11 Å². The van der Waals surface area contributed by atoms with Crippen molar-refractivity contribution in [1.82, 2.24) is 0 Å². The van der Waals surface area contributed by atoms with Gasteiger partial charge >= 0.3 is 0 Å². The molecule has 136 valence electrons. The summed E-state index contributed by atoms with van der Waals surface area (Å²) in [6.07, 6.45) is 9.32. The molecule has 0 aliphatic heterocycles. The highest BCUT2D eigenvalue weighted by Crippen LogP contribution is 2.67. The van der Waals surface area contributed by atoms with E-state index in [1.807, 2.05) is 0 Å². The number of fused-ring (bicyclic) bond motifs is 5. The minimum absolute atomic E-state index is 0.00325. The number of allylic oxidation sites excluding steroid dienone is 1. The fraction of sp³-hybridized carbons (Fsp3) is 0.818. The summed E-state index contributed by atoms with van der Waals surface area (Å²) in [6, 6.07) is 2.47. The van der Waals surface area contributed by atoms with Crippen molar-refractivity contribution in [3.63, 3.8) is 0 Å². The molecule has 4 aliphatic rings. The second-order valence-corrected chi connectivity index (χ2v) is 9.76. The second kappa shape index (κ2) is 5.68. The molecule has 25 heavy (non-hydrogen) atoms. The SMILES string of the molecule is CC(=O)[C@H]1[C@H](C#N)CC2C3CC=C4C[C@@H](O)CCC4(C)C3CCC21C. The van der Waals surface area contributed by atoms with Crippen LogP contribution in [0.25, 0.3) is 0 Å². The molecular weight excluding hydrogens is 310 g/mol. The lowest BCUT2D eigenvalue weighted by atomic mass is 9.47. The first-order valence-corrected chi connectivity index (χ1v) is 10.1. The Labute approximate surface area is 151 Å². The smallest absolute Gasteiger partial charge is 0.134 e. The van der Waals surface area contributed by atoms with Crippen LogP contribution in [0.4, 0.5) is 0 Å². The molecule has 0 radical (unpaired) electrons. The first-order chi connectivity index (χ1) is 11.8. The zero-order valence-electron chi connectivity index (χ0n) is 15.8. The van der Waals surface area contributed by atoms with Crippen molar-refractivity contribution in [1.29, 1.82) is 5.26 Å². The average Bonchev–Trinajstić information content (AvgIpc) is 2.88. The molecule has 3 nitrogen and oxygen atoms in total. The molecule has 0 aromatic heterocycles. The van der Waals surface area contributed by atoms with Gasteiger partial charge in [0.2, 0.25) is 0 Å². The molecule has 8 atom stereocenters. The summed E-state index contributed by atoms with van der Waals surface area (Å²) >= 11 is 0. The number of ketones is 1. The van der Waals surface area contributed by atoms with Crippen molar-refractivity contribution in [2.24, 2.45) is 40.4 Å². The highest BCUT2D eigenvalue weighted by atomic mass is 16.3. The Morgan fingerprint density at radius 2 is 2.04 bits per heavy atom. The van der Waals surface area contributed by atoms with E-state index in [1.54, 1.807) is 6.92 Å². The van der Waals surface area contributed by atoms with Crippen molar-refractivity contribution in [3.05, 3.63) is 11.6 Å². The topological polar surface area (TPSA) is 61.1 Å².